The van der Waals surface area contributed by atoms with Crippen molar-refractivity contribution in [3.63, 3.8) is 0 Å². The molecule has 1 amide bonds. The van der Waals surface area contributed by atoms with Gasteiger partial charge in [-0.3, -0.25) is 14.0 Å². The highest BCUT2D eigenvalue weighted by Gasteiger charge is 2.30. The second-order valence-electron chi connectivity index (χ2n) is 6.52. The summed E-state index contributed by atoms with van der Waals surface area (Å²) in [5, 5.41) is 7.08. The van der Waals surface area contributed by atoms with E-state index in [1.54, 1.807) is 37.0 Å². The van der Waals surface area contributed by atoms with Crippen molar-refractivity contribution in [1.29, 1.82) is 0 Å². The number of nitrogens with zero attached hydrogens (tertiary/aromatic N) is 4. The minimum absolute atomic E-state index is 0.0337. The molecule has 2 aromatic heterocycles. The zero-order chi connectivity index (χ0) is 18.0. The Labute approximate surface area is 145 Å². The average Bonchev–Trinajstić information content (AvgIpc) is 3.13. The topological polar surface area (TPSA) is 91.0 Å². The van der Waals surface area contributed by atoms with Gasteiger partial charge in [0.2, 0.25) is 5.91 Å². The van der Waals surface area contributed by atoms with Crippen molar-refractivity contribution in [2.75, 3.05) is 0 Å². The molecule has 0 aromatic carbocycles. The van der Waals surface area contributed by atoms with Gasteiger partial charge in [0.1, 0.15) is 12.6 Å². The lowest BCUT2D eigenvalue weighted by Gasteiger charge is -2.22. The number of hydrogen-bond acceptors (Lipinski definition) is 5. The molecule has 0 spiro atoms. The zero-order valence-electron chi connectivity index (χ0n) is 14.7. The van der Waals surface area contributed by atoms with Gasteiger partial charge in [0.05, 0.1) is 18.4 Å². The van der Waals surface area contributed by atoms with E-state index in [9.17, 15) is 9.59 Å². The van der Waals surface area contributed by atoms with Crippen LogP contribution in [0.3, 0.4) is 0 Å². The highest BCUT2D eigenvalue weighted by atomic mass is 16.5. The van der Waals surface area contributed by atoms with Gasteiger partial charge in [0, 0.05) is 18.4 Å². The minimum Gasteiger partial charge on any atom is -0.485 e. The van der Waals surface area contributed by atoms with Crippen LogP contribution in [0.25, 0.3) is 0 Å². The molecular formula is C17H23N5O3. The molecule has 8 heteroatoms. The minimum atomic E-state index is -0.401. The molecule has 3 rings (SSSR count). The fourth-order valence-electron chi connectivity index (χ4n) is 3.23. The van der Waals surface area contributed by atoms with Crippen LogP contribution in [0, 0.1) is 13.8 Å². The highest BCUT2D eigenvalue weighted by molar-refractivity contribution is 5.76. The SMILES string of the molecule is Cc1cc(C)n(CC(=O)N[C@H]2CCC[C@H]2Oc2cnn(C)c2)c(=O)n1. The maximum absolute atomic E-state index is 12.4. The van der Waals surface area contributed by atoms with Crippen LogP contribution >= 0.6 is 0 Å². The maximum atomic E-state index is 12.4. The summed E-state index contributed by atoms with van der Waals surface area (Å²) in [6.07, 6.45) is 6.11. The molecule has 1 saturated carbocycles. The third-order valence-corrected chi connectivity index (χ3v) is 4.42. The standard InChI is InChI=1S/C17H23N5O3/c1-11-7-12(2)22(17(24)19-11)10-16(23)20-14-5-4-6-15(14)25-13-8-18-21(3)9-13/h7-9,14-15H,4-6,10H2,1-3H3,(H,20,23)/t14-,15+/m0/s1. The molecule has 0 radical (unpaired) electrons. The van der Waals surface area contributed by atoms with Crippen LogP contribution in [0.15, 0.2) is 23.3 Å². The van der Waals surface area contributed by atoms with Gasteiger partial charge in [0.25, 0.3) is 0 Å². The van der Waals surface area contributed by atoms with Gasteiger partial charge in [-0.2, -0.15) is 10.1 Å². The van der Waals surface area contributed by atoms with Gasteiger partial charge in [-0.1, -0.05) is 0 Å². The fourth-order valence-corrected chi connectivity index (χ4v) is 3.23. The van der Waals surface area contributed by atoms with Crippen molar-refractivity contribution in [2.24, 2.45) is 7.05 Å². The van der Waals surface area contributed by atoms with Crippen molar-refractivity contribution in [3.8, 4) is 5.75 Å². The van der Waals surface area contributed by atoms with Crippen molar-refractivity contribution in [2.45, 2.75) is 51.8 Å². The molecule has 0 unspecified atom stereocenters. The van der Waals surface area contributed by atoms with Crippen LogP contribution < -0.4 is 15.7 Å². The Morgan fingerprint density at radius 1 is 1.40 bits per heavy atom. The van der Waals surface area contributed by atoms with Crippen LogP contribution in [-0.4, -0.2) is 37.4 Å². The van der Waals surface area contributed by atoms with Gasteiger partial charge in [-0.05, 0) is 39.2 Å². The van der Waals surface area contributed by atoms with Gasteiger partial charge in [-0.15, -0.1) is 0 Å². The summed E-state index contributed by atoms with van der Waals surface area (Å²) in [6.45, 7) is 3.53. The first-order valence-corrected chi connectivity index (χ1v) is 8.42. The van der Waals surface area contributed by atoms with E-state index in [-0.39, 0.29) is 24.6 Å². The summed E-state index contributed by atoms with van der Waals surface area (Å²) in [6, 6.07) is 1.72. The number of carbonyl (C=O) groups is 1. The van der Waals surface area contributed by atoms with Crippen molar-refractivity contribution >= 4 is 5.91 Å². The van der Waals surface area contributed by atoms with E-state index in [4.69, 9.17) is 4.74 Å². The van der Waals surface area contributed by atoms with E-state index < -0.39 is 5.69 Å². The number of rotatable bonds is 5. The van der Waals surface area contributed by atoms with E-state index in [1.807, 2.05) is 7.05 Å². The summed E-state index contributed by atoms with van der Waals surface area (Å²) < 4.78 is 9.01. The molecule has 2 heterocycles. The lowest BCUT2D eigenvalue weighted by molar-refractivity contribution is -0.123. The molecule has 1 aliphatic carbocycles. The second kappa shape index (κ2) is 7.08. The Morgan fingerprint density at radius 3 is 2.88 bits per heavy atom. The molecule has 2 atom stereocenters. The number of amides is 1. The van der Waals surface area contributed by atoms with E-state index in [1.165, 1.54) is 4.57 Å². The van der Waals surface area contributed by atoms with Crippen LogP contribution in [0.1, 0.15) is 30.7 Å². The van der Waals surface area contributed by atoms with Gasteiger partial charge >= 0.3 is 5.69 Å². The molecule has 0 aliphatic heterocycles. The van der Waals surface area contributed by atoms with Crippen LogP contribution in [0.2, 0.25) is 0 Å². The zero-order valence-corrected chi connectivity index (χ0v) is 14.7. The molecular weight excluding hydrogens is 322 g/mol. The first kappa shape index (κ1) is 17.2. The predicted octanol–water partition coefficient (Wildman–Crippen LogP) is 0.710. The van der Waals surface area contributed by atoms with E-state index in [0.717, 1.165) is 25.0 Å². The Kier molecular flexibility index (Phi) is 4.87. The molecule has 0 bridgehead atoms. The Balaban J connectivity index is 1.63. The lowest BCUT2D eigenvalue weighted by Crippen LogP contribution is -2.45. The summed E-state index contributed by atoms with van der Waals surface area (Å²) in [4.78, 5) is 28.3. The monoisotopic (exact) mass is 345 g/mol. The summed E-state index contributed by atoms with van der Waals surface area (Å²) >= 11 is 0. The molecule has 0 saturated heterocycles. The Hall–Kier alpha value is -2.64. The molecule has 134 valence electrons. The van der Waals surface area contributed by atoms with Crippen molar-refractivity contribution in [3.05, 3.63) is 40.3 Å². The van der Waals surface area contributed by atoms with E-state index in [2.05, 4.69) is 15.4 Å². The van der Waals surface area contributed by atoms with E-state index in [0.29, 0.717) is 11.4 Å². The molecule has 8 nitrogen and oxygen atoms in total. The van der Waals surface area contributed by atoms with Crippen molar-refractivity contribution in [1.82, 2.24) is 24.6 Å². The lowest BCUT2D eigenvalue weighted by atomic mass is 10.2. The largest absolute Gasteiger partial charge is 0.485 e. The molecule has 1 aliphatic rings. The molecule has 1 fully saturated rings. The van der Waals surface area contributed by atoms with Gasteiger partial charge < -0.3 is 10.1 Å². The number of aromatic nitrogens is 4. The normalized spacial score (nSPS) is 19.8. The fraction of sp³-hybridized carbons (Fsp3) is 0.529. The third-order valence-electron chi connectivity index (χ3n) is 4.42. The highest BCUT2D eigenvalue weighted by Crippen LogP contribution is 2.24. The number of carbonyl (C=O) groups excluding carboxylic acids is 1. The summed E-state index contributed by atoms with van der Waals surface area (Å²) in [5.74, 6) is 0.492. The second-order valence-corrected chi connectivity index (χ2v) is 6.52. The predicted molar refractivity (Wildman–Crippen MR) is 91.4 cm³/mol. The summed E-state index contributed by atoms with van der Waals surface area (Å²) in [5.41, 5.74) is 0.976. The van der Waals surface area contributed by atoms with Crippen LogP contribution in [0.4, 0.5) is 0 Å². The van der Waals surface area contributed by atoms with Crippen molar-refractivity contribution < 1.29 is 9.53 Å². The number of aryl methyl sites for hydroxylation is 3. The smallest absolute Gasteiger partial charge is 0.348 e. The third kappa shape index (κ3) is 4.07. The van der Waals surface area contributed by atoms with Crippen LogP contribution in [0.5, 0.6) is 5.75 Å². The molecule has 2 aromatic rings. The Morgan fingerprint density at radius 2 is 2.20 bits per heavy atom. The average molecular weight is 345 g/mol. The number of ether oxygens (including phenoxy) is 1. The molecule has 25 heavy (non-hydrogen) atoms. The summed E-state index contributed by atoms with van der Waals surface area (Å²) in [7, 11) is 1.83. The first-order chi connectivity index (χ1) is 11.9. The van der Waals surface area contributed by atoms with Gasteiger partial charge in [0.15, 0.2) is 5.75 Å². The maximum Gasteiger partial charge on any atom is 0.348 e. The molecule has 1 N–H and O–H groups in total. The first-order valence-electron chi connectivity index (χ1n) is 8.42. The number of hydrogen-bond donors (Lipinski definition) is 1. The van der Waals surface area contributed by atoms with Gasteiger partial charge in [-0.25, -0.2) is 4.79 Å². The Bertz CT molecular complexity index is 826. The van der Waals surface area contributed by atoms with Crippen LogP contribution in [-0.2, 0) is 18.4 Å². The number of nitrogens with one attached hydrogen (secondary N) is 1. The van der Waals surface area contributed by atoms with E-state index >= 15 is 0 Å². The quantitative estimate of drug-likeness (QED) is 0.862.